The molecule has 6 heteroatoms. The smallest absolute Gasteiger partial charge is 0.257 e. The molecule has 1 aliphatic carbocycles. The lowest BCUT2D eigenvalue weighted by Gasteiger charge is -2.37. The molecule has 4 nitrogen and oxygen atoms in total. The van der Waals surface area contributed by atoms with Gasteiger partial charge in [0.2, 0.25) is 5.91 Å². The van der Waals surface area contributed by atoms with E-state index in [0.29, 0.717) is 26.2 Å². The van der Waals surface area contributed by atoms with Gasteiger partial charge in [0.05, 0.1) is 5.56 Å². The third kappa shape index (κ3) is 3.57. The van der Waals surface area contributed by atoms with Crippen molar-refractivity contribution in [1.29, 1.82) is 0 Å². The molecule has 24 heavy (non-hydrogen) atoms. The van der Waals surface area contributed by atoms with Crippen molar-refractivity contribution in [2.24, 2.45) is 5.92 Å². The molecule has 1 saturated carbocycles. The van der Waals surface area contributed by atoms with Gasteiger partial charge in [-0.2, -0.15) is 0 Å². The first-order valence-corrected chi connectivity index (χ1v) is 8.59. The summed E-state index contributed by atoms with van der Waals surface area (Å²) in [6.07, 6.45) is 5.31. The standard InChI is InChI=1S/C18H22F2N2O2/c19-14-6-7-16(20)15(12-14)18(24)22-10-8-21(9-11-22)17(23)13-4-2-1-3-5-13/h6-7,12-13H,1-5,8-11H2. The van der Waals surface area contributed by atoms with Crippen LogP contribution in [0.4, 0.5) is 8.78 Å². The van der Waals surface area contributed by atoms with Crippen molar-refractivity contribution < 1.29 is 18.4 Å². The van der Waals surface area contributed by atoms with Gasteiger partial charge in [-0.1, -0.05) is 19.3 Å². The second-order valence-electron chi connectivity index (χ2n) is 6.58. The van der Waals surface area contributed by atoms with Crippen molar-refractivity contribution in [1.82, 2.24) is 9.80 Å². The summed E-state index contributed by atoms with van der Waals surface area (Å²) in [4.78, 5) is 28.2. The summed E-state index contributed by atoms with van der Waals surface area (Å²) < 4.78 is 27.0. The van der Waals surface area contributed by atoms with Crippen LogP contribution in [0.5, 0.6) is 0 Å². The maximum atomic E-state index is 13.7. The predicted octanol–water partition coefficient (Wildman–Crippen LogP) is 2.83. The number of hydrogen-bond donors (Lipinski definition) is 0. The van der Waals surface area contributed by atoms with Crippen LogP contribution >= 0.6 is 0 Å². The Kier molecular flexibility index (Phi) is 5.11. The Labute approximate surface area is 140 Å². The zero-order valence-corrected chi connectivity index (χ0v) is 13.6. The molecule has 0 aromatic heterocycles. The Balaban J connectivity index is 1.59. The molecule has 1 heterocycles. The Morgan fingerprint density at radius 3 is 2.21 bits per heavy atom. The van der Waals surface area contributed by atoms with E-state index in [-0.39, 0.29) is 17.4 Å². The van der Waals surface area contributed by atoms with Gasteiger partial charge < -0.3 is 9.80 Å². The molecule has 0 atom stereocenters. The van der Waals surface area contributed by atoms with Gasteiger partial charge in [0.1, 0.15) is 11.6 Å². The van der Waals surface area contributed by atoms with Gasteiger partial charge in [0.15, 0.2) is 0 Å². The van der Waals surface area contributed by atoms with Crippen LogP contribution in [-0.2, 0) is 4.79 Å². The van der Waals surface area contributed by atoms with E-state index < -0.39 is 17.5 Å². The topological polar surface area (TPSA) is 40.6 Å². The third-order valence-corrected chi connectivity index (χ3v) is 4.99. The van der Waals surface area contributed by atoms with Gasteiger partial charge in [-0.3, -0.25) is 9.59 Å². The Morgan fingerprint density at radius 2 is 1.54 bits per heavy atom. The van der Waals surface area contributed by atoms with Crippen molar-refractivity contribution in [2.75, 3.05) is 26.2 Å². The number of halogens is 2. The van der Waals surface area contributed by atoms with Crippen molar-refractivity contribution >= 4 is 11.8 Å². The van der Waals surface area contributed by atoms with Crippen molar-refractivity contribution in [3.8, 4) is 0 Å². The van der Waals surface area contributed by atoms with Gasteiger partial charge in [0.25, 0.3) is 5.91 Å². The minimum Gasteiger partial charge on any atom is -0.339 e. The lowest BCUT2D eigenvalue weighted by molar-refractivity contribution is -0.138. The molecule has 2 aliphatic rings. The van der Waals surface area contributed by atoms with E-state index in [4.69, 9.17) is 0 Å². The second-order valence-corrected chi connectivity index (χ2v) is 6.58. The van der Waals surface area contributed by atoms with Crippen molar-refractivity contribution in [2.45, 2.75) is 32.1 Å². The average molecular weight is 336 g/mol. The number of piperazine rings is 1. The fourth-order valence-electron chi connectivity index (χ4n) is 3.57. The highest BCUT2D eigenvalue weighted by Gasteiger charge is 2.30. The second kappa shape index (κ2) is 7.28. The SMILES string of the molecule is O=C(c1cc(F)ccc1F)N1CCN(C(=O)C2CCCCC2)CC1. The summed E-state index contributed by atoms with van der Waals surface area (Å²) >= 11 is 0. The first-order chi connectivity index (χ1) is 11.6. The van der Waals surface area contributed by atoms with E-state index >= 15 is 0 Å². The Bertz CT molecular complexity index is 621. The molecule has 0 spiro atoms. The molecule has 1 aliphatic heterocycles. The van der Waals surface area contributed by atoms with Gasteiger partial charge >= 0.3 is 0 Å². The first-order valence-electron chi connectivity index (χ1n) is 8.59. The van der Waals surface area contributed by atoms with Crippen LogP contribution in [0, 0.1) is 17.6 Å². The summed E-state index contributed by atoms with van der Waals surface area (Å²) in [6.45, 7) is 1.62. The zero-order chi connectivity index (χ0) is 17.1. The molecule has 3 rings (SSSR count). The molecule has 0 radical (unpaired) electrons. The van der Waals surface area contributed by atoms with E-state index in [1.54, 1.807) is 0 Å². The van der Waals surface area contributed by atoms with Crippen LogP contribution < -0.4 is 0 Å². The molecular weight excluding hydrogens is 314 g/mol. The molecule has 130 valence electrons. The highest BCUT2D eigenvalue weighted by molar-refractivity contribution is 5.94. The van der Waals surface area contributed by atoms with Crippen LogP contribution in [-0.4, -0.2) is 47.8 Å². The van der Waals surface area contributed by atoms with Crippen LogP contribution in [0.2, 0.25) is 0 Å². The monoisotopic (exact) mass is 336 g/mol. The lowest BCUT2D eigenvalue weighted by atomic mass is 9.88. The van der Waals surface area contributed by atoms with E-state index in [9.17, 15) is 18.4 Å². The minimum absolute atomic E-state index is 0.113. The molecule has 1 aromatic rings. The Hall–Kier alpha value is -1.98. The number of rotatable bonds is 2. The number of nitrogens with zero attached hydrogens (tertiary/aromatic N) is 2. The molecule has 1 saturated heterocycles. The number of amides is 2. The van der Waals surface area contributed by atoms with E-state index in [0.717, 1.165) is 43.9 Å². The van der Waals surface area contributed by atoms with E-state index in [1.165, 1.54) is 11.3 Å². The van der Waals surface area contributed by atoms with E-state index in [2.05, 4.69) is 0 Å². The molecule has 2 fully saturated rings. The lowest BCUT2D eigenvalue weighted by Crippen LogP contribution is -2.52. The van der Waals surface area contributed by atoms with Crippen LogP contribution in [0.1, 0.15) is 42.5 Å². The number of carbonyl (C=O) groups is 2. The fourth-order valence-corrected chi connectivity index (χ4v) is 3.57. The molecule has 1 aromatic carbocycles. The average Bonchev–Trinajstić information content (AvgIpc) is 2.63. The van der Waals surface area contributed by atoms with Gasteiger partial charge in [-0.05, 0) is 31.0 Å². The largest absolute Gasteiger partial charge is 0.339 e. The van der Waals surface area contributed by atoms with Crippen LogP contribution in [0.25, 0.3) is 0 Å². The molecule has 0 bridgehead atoms. The summed E-state index contributed by atoms with van der Waals surface area (Å²) in [5, 5.41) is 0. The van der Waals surface area contributed by atoms with E-state index in [1.807, 2.05) is 4.90 Å². The van der Waals surface area contributed by atoms with Crippen molar-refractivity contribution in [3.63, 3.8) is 0 Å². The van der Waals surface area contributed by atoms with Crippen LogP contribution in [0.3, 0.4) is 0 Å². The predicted molar refractivity (Wildman–Crippen MR) is 85.4 cm³/mol. The highest BCUT2D eigenvalue weighted by atomic mass is 19.1. The summed E-state index contributed by atoms with van der Waals surface area (Å²) in [7, 11) is 0. The quantitative estimate of drug-likeness (QED) is 0.833. The number of carbonyl (C=O) groups excluding carboxylic acids is 2. The zero-order valence-electron chi connectivity index (χ0n) is 13.6. The summed E-state index contributed by atoms with van der Waals surface area (Å²) in [6, 6.07) is 2.88. The first kappa shape index (κ1) is 16.9. The van der Waals surface area contributed by atoms with Gasteiger partial charge in [-0.25, -0.2) is 8.78 Å². The van der Waals surface area contributed by atoms with Gasteiger partial charge in [0, 0.05) is 32.1 Å². The van der Waals surface area contributed by atoms with Gasteiger partial charge in [-0.15, -0.1) is 0 Å². The maximum absolute atomic E-state index is 13.7. The normalized spacial score (nSPS) is 19.4. The highest BCUT2D eigenvalue weighted by Crippen LogP contribution is 2.26. The third-order valence-electron chi connectivity index (χ3n) is 4.99. The molecule has 0 N–H and O–H groups in total. The summed E-state index contributed by atoms with van der Waals surface area (Å²) in [5.74, 6) is -1.58. The Morgan fingerprint density at radius 1 is 0.917 bits per heavy atom. The number of benzene rings is 1. The number of hydrogen-bond acceptors (Lipinski definition) is 2. The maximum Gasteiger partial charge on any atom is 0.257 e. The molecule has 0 unspecified atom stereocenters. The summed E-state index contributed by atoms with van der Waals surface area (Å²) in [5.41, 5.74) is -0.248. The molecular formula is C18H22F2N2O2. The van der Waals surface area contributed by atoms with Crippen molar-refractivity contribution in [3.05, 3.63) is 35.4 Å². The van der Waals surface area contributed by atoms with Crippen LogP contribution in [0.15, 0.2) is 18.2 Å². The minimum atomic E-state index is -0.720. The molecule has 2 amide bonds. The fraction of sp³-hybridized carbons (Fsp3) is 0.556.